The van der Waals surface area contributed by atoms with E-state index >= 15 is 0 Å². The van der Waals surface area contributed by atoms with Crippen molar-refractivity contribution in [1.82, 2.24) is 20.2 Å². The number of aromatic nitrogens is 4. The highest BCUT2D eigenvalue weighted by molar-refractivity contribution is 6.02. The number of aryl methyl sites for hydroxylation is 9. The van der Waals surface area contributed by atoms with Crippen molar-refractivity contribution < 1.29 is 14.4 Å². The Bertz CT molecular complexity index is 3660. The van der Waals surface area contributed by atoms with Gasteiger partial charge in [-0.2, -0.15) is 0 Å². The average Bonchev–Trinajstić information content (AvgIpc) is 2.14. The number of fused-ring (bicyclic) bond motifs is 9. The van der Waals surface area contributed by atoms with Crippen molar-refractivity contribution in [3.05, 3.63) is 220 Å². The normalized spacial score (nSPS) is 11.4. The van der Waals surface area contributed by atoms with Gasteiger partial charge in [0.2, 0.25) is 0 Å². The fourth-order valence-electron chi connectivity index (χ4n) is 11.6. The molecule has 0 aliphatic heterocycles. The van der Waals surface area contributed by atoms with E-state index in [0.717, 1.165) is 79.0 Å². The van der Waals surface area contributed by atoms with Gasteiger partial charge >= 0.3 is 0 Å². The van der Waals surface area contributed by atoms with Crippen molar-refractivity contribution in [3.8, 4) is 67.0 Å². The van der Waals surface area contributed by atoms with E-state index in [9.17, 15) is 14.4 Å². The molecular formula is C74H83N7O3. The average molecular weight is 1120 g/mol. The lowest BCUT2D eigenvalue weighted by atomic mass is 9.90. The number of nitrogens with two attached hydrogens (primary N) is 3. The molecule has 12 rings (SSSR count). The highest BCUT2D eigenvalue weighted by Crippen LogP contribution is 2.48. The molecule has 0 radical (unpaired) electrons. The summed E-state index contributed by atoms with van der Waals surface area (Å²) in [6.45, 7) is 37.4. The van der Waals surface area contributed by atoms with E-state index in [-0.39, 0.29) is 5.69 Å². The van der Waals surface area contributed by atoms with E-state index in [1.807, 2.05) is 53.8 Å². The first-order chi connectivity index (χ1) is 40.1. The summed E-state index contributed by atoms with van der Waals surface area (Å²) in [5, 5.41) is 8.64. The van der Waals surface area contributed by atoms with E-state index in [4.69, 9.17) is 22.2 Å². The molecule has 3 aliphatic rings. The Balaban J connectivity index is 0.000000173. The second-order valence-electron chi connectivity index (χ2n) is 21.6. The molecule has 3 amide bonds. The van der Waals surface area contributed by atoms with Crippen LogP contribution < -0.4 is 17.2 Å². The molecule has 3 heterocycles. The summed E-state index contributed by atoms with van der Waals surface area (Å²) in [6, 6.07) is 32.1. The lowest BCUT2D eigenvalue weighted by molar-refractivity contribution is 0.0986. The number of carbonyl (C=O) groups excluding carboxylic acids is 3. The summed E-state index contributed by atoms with van der Waals surface area (Å²) in [4.78, 5) is 45.0. The molecule has 0 unspecified atom stereocenters. The van der Waals surface area contributed by atoms with Crippen LogP contribution in [0.3, 0.4) is 0 Å². The molecule has 9 aromatic rings. The minimum absolute atomic E-state index is 0.278. The number of benzene rings is 6. The molecule has 3 aliphatic carbocycles. The van der Waals surface area contributed by atoms with Gasteiger partial charge in [-0.05, 0) is 217 Å². The molecule has 0 atom stereocenters. The third-order valence-electron chi connectivity index (χ3n) is 16.9. The fraction of sp³-hybridized carbons (Fsp3) is 0.284. The molecule has 84 heavy (non-hydrogen) atoms. The molecule has 10 nitrogen and oxygen atoms in total. The maximum Gasteiger partial charge on any atom is 0.269 e. The molecule has 6 N–H and O–H groups in total. The number of primary amides is 3. The van der Waals surface area contributed by atoms with Gasteiger partial charge in [0.05, 0.1) is 11.3 Å². The van der Waals surface area contributed by atoms with E-state index in [0.29, 0.717) is 24.1 Å². The van der Waals surface area contributed by atoms with Crippen LogP contribution in [0.15, 0.2) is 103 Å². The first-order valence-corrected chi connectivity index (χ1v) is 29.5. The van der Waals surface area contributed by atoms with Crippen LogP contribution in [0.25, 0.3) is 67.0 Å². The third kappa shape index (κ3) is 11.7. The summed E-state index contributed by atoms with van der Waals surface area (Å²) in [5.74, 6) is -1.40. The molecule has 10 heteroatoms. The standard InChI is InChI=1S/2C23H22N2O.C22H21N3O.3C2H6/c1-12-6-5-7-17(15(12)4)22-21-18-9-14(3)13(2)8-16(18)10-19(21)20(11-25-22)23(24)26;1-12-6-5-7-17(15(12)4)20-11-25-22(23(24)26)19-10-16-8-13(2)14(3)9-18(16)21(19)20;1-11-6-5-7-16(14(11)4)20-19-17-9-13(3)12(2)8-15(17)10-18(19)21(22(23)26)25-24-20;3*1-2/h2*5-9,11H,10H2,1-4H3,(H2,24,26);5-9H,10H2,1-4H3,(H2,23,26);3*1-2H3. The van der Waals surface area contributed by atoms with Crippen molar-refractivity contribution in [2.24, 2.45) is 17.2 Å². The second kappa shape index (κ2) is 26.1. The summed E-state index contributed by atoms with van der Waals surface area (Å²) in [5.41, 5.74) is 52.2. The summed E-state index contributed by atoms with van der Waals surface area (Å²) in [7, 11) is 0. The molecule has 3 aromatic heterocycles. The van der Waals surface area contributed by atoms with Gasteiger partial charge in [0, 0.05) is 53.1 Å². The quantitative estimate of drug-likeness (QED) is 0.148. The van der Waals surface area contributed by atoms with Gasteiger partial charge in [-0.15, -0.1) is 10.2 Å². The Labute approximate surface area is 498 Å². The second-order valence-corrected chi connectivity index (χ2v) is 21.6. The number of carbonyl (C=O) groups is 3. The van der Waals surface area contributed by atoms with Crippen molar-refractivity contribution in [2.45, 2.75) is 144 Å². The van der Waals surface area contributed by atoms with Crippen molar-refractivity contribution in [1.29, 1.82) is 0 Å². The zero-order valence-electron chi connectivity index (χ0n) is 52.7. The minimum atomic E-state index is -0.525. The Kier molecular flexibility index (Phi) is 19.5. The monoisotopic (exact) mass is 1120 g/mol. The van der Waals surface area contributed by atoms with Crippen LogP contribution in [-0.4, -0.2) is 37.9 Å². The molecular weight excluding hydrogens is 1030 g/mol. The summed E-state index contributed by atoms with van der Waals surface area (Å²) < 4.78 is 0. The number of pyridine rings is 2. The van der Waals surface area contributed by atoms with Gasteiger partial charge in [0.25, 0.3) is 17.7 Å². The lowest BCUT2D eigenvalue weighted by Crippen LogP contribution is -2.17. The Morgan fingerprint density at radius 1 is 0.345 bits per heavy atom. The van der Waals surface area contributed by atoms with Gasteiger partial charge in [-0.3, -0.25) is 24.4 Å². The minimum Gasteiger partial charge on any atom is -0.366 e. The first-order valence-electron chi connectivity index (χ1n) is 29.5. The fourth-order valence-corrected chi connectivity index (χ4v) is 11.6. The van der Waals surface area contributed by atoms with Crippen LogP contribution in [0, 0.1) is 83.1 Å². The van der Waals surface area contributed by atoms with Crippen LogP contribution >= 0.6 is 0 Å². The zero-order valence-corrected chi connectivity index (χ0v) is 52.7. The van der Waals surface area contributed by atoms with Crippen LogP contribution in [0.5, 0.6) is 0 Å². The topological polar surface area (TPSA) is 181 Å². The number of hydrogen-bond donors (Lipinski definition) is 3. The molecule has 0 spiro atoms. The number of rotatable bonds is 6. The van der Waals surface area contributed by atoms with Gasteiger partial charge in [0.1, 0.15) is 11.4 Å². The van der Waals surface area contributed by atoms with E-state index in [1.165, 1.54) is 94.6 Å². The van der Waals surface area contributed by atoms with Crippen molar-refractivity contribution in [3.63, 3.8) is 0 Å². The molecule has 0 saturated carbocycles. The Morgan fingerprint density at radius 2 is 0.714 bits per heavy atom. The Morgan fingerprint density at radius 3 is 1.15 bits per heavy atom. The largest absolute Gasteiger partial charge is 0.366 e. The lowest BCUT2D eigenvalue weighted by Gasteiger charge is -2.15. The van der Waals surface area contributed by atoms with Crippen molar-refractivity contribution in [2.75, 3.05) is 0 Å². The molecule has 6 aromatic carbocycles. The zero-order chi connectivity index (χ0) is 61.8. The van der Waals surface area contributed by atoms with Crippen LogP contribution in [0.4, 0.5) is 0 Å². The van der Waals surface area contributed by atoms with Gasteiger partial charge in [-0.25, -0.2) is 0 Å². The number of hydrogen-bond acceptors (Lipinski definition) is 7. The molecule has 0 fully saturated rings. The summed E-state index contributed by atoms with van der Waals surface area (Å²) >= 11 is 0. The van der Waals surface area contributed by atoms with Crippen LogP contribution in [0.1, 0.15) is 173 Å². The van der Waals surface area contributed by atoms with Crippen LogP contribution in [-0.2, 0) is 19.3 Å². The maximum atomic E-state index is 12.0. The van der Waals surface area contributed by atoms with Gasteiger partial charge in [0.15, 0.2) is 5.69 Å². The molecule has 432 valence electrons. The van der Waals surface area contributed by atoms with Crippen LogP contribution in [0.2, 0.25) is 0 Å². The maximum absolute atomic E-state index is 12.0. The highest BCUT2D eigenvalue weighted by atomic mass is 16.2. The predicted octanol–water partition coefficient (Wildman–Crippen LogP) is 16.4. The first kappa shape index (κ1) is 62.7. The van der Waals surface area contributed by atoms with E-state index in [1.54, 1.807) is 6.20 Å². The van der Waals surface area contributed by atoms with Crippen molar-refractivity contribution >= 4 is 17.7 Å². The Hall–Kier alpha value is -8.89. The third-order valence-corrected chi connectivity index (χ3v) is 16.9. The van der Waals surface area contributed by atoms with Gasteiger partial charge < -0.3 is 17.2 Å². The number of amides is 3. The highest BCUT2D eigenvalue weighted by Gasteiger charge is 2.32. The summed E-state index contributed by atoms with van der Waals surface area (Å²) in [6.07, 6.45) is 5.55. The SMILES string of the molecule is CC.CC.CC.Cc1cc2c(cc1C)-c1c(-c3cccc(C)c3C)cnc(C(N)=O)c1C2.Cc1cc2c(cc1C)-c1c(-c3cccc(C)c3C)ncc(C(N)=O)c1C2.Cc1cc2c(cc1C)-c1c(-c3cccc(C)c3C)nnc(C(N)=O)c1C2. The predicted molar refractivity (Wildman–Crippen MR) is 348 cm³/mol. The smallest absolute Gasteiger partial charge is 0.269 e. The molecule has 0 bridgehead atoms. The molecule has 0 saturated heterocycles. The number of nitrogens with zero attached hydrogens (tertiary/aromatic N) is 4. The van der Waals surface area contributed by atoms with E-state index in [2.05, 4.69) is 183 Å². The van der Waals surface area contributed by atoms with Gasteiger partial charge in [-0.1, -0.05) is 133 Å². The van der Waals surface area contributed by atoms with E-state index < -0.39 is 17.7 Å².